The molecule has 4 nitrogen and oxygen atoms in total. The topological polar surface area (TPSA) is 50.4 Å². The molecule has 0 heterocycles. The normalized spacial score (nSPS) is 9.76. The third kappa shape index (κ3) is 5.49. The Morgan fingerprint density at radius 2 is 2.06 bits per heavy atom. The molecule has 5 heteroatoms. The molecule has 0 radical (unpaired) electrons. The van der Waals surface area contributed by atoms with Crippen LogP contribution >= 0.6 is 11.8 Å². The minimum atomic E-state index is -0.174. The molecule has 1 aromatic carbocycles. The molecule has 0 atom stereocenters. The van der Waals surface area contributed by atoms with Crippen molar-refractivity contribution >= 4 is 23.5 Å². The van der Waals surface area contributed by atoms with Crippen LogP contribution in [0.1, 0.15) is 6.92 Å². The summed E-state index contributed by atoms with van der Waals surface area (Å²) < 4.78 is 5.03. The van der Waals surface area contributed by atoms with Gasteiger partial charge < -0.3 is 15.4 Å². The maximum absolute atomic E-state index is 11.5. The molecule has 0 unspecified atom stereocenters. The second kappa shape index (κ2) is 7.84. The quantitative estimate of drug-likeness (QED) is 0.767. The zero-order valence-corrected chi connectivity index (χ0v) is 11.0. The lowest BCUT2D eigenvalue weighted by Crippen LogP contribution is -2.30. The Morgan fingerprint density at radius 1 is 1.35 bits per heavy atom. The van der Waals surface area contributed by atoms with E-state index >= 15 is 0 Å². The lowest BCUT2D eigenvalue weighted by Gasteiger charge is -2.07. The first kappa shape index (κ1) is 13.7. The monoisotopic (exact) mass is 254 g/mol. The number of hydrogen-bond acceptors (Lipinski definition) is 3. The number of amides is 2. The van der Waals surface area contributed by atoms with E-state index in [1.807, 2.05) is 12.1 Å². The number of methoxy groups -OCH3 is 1. The van der Waals surface area contributed by atoms with E-state index < -0.39 is 0 Å². The fourth-order valence-electron chi connectivity index (χ4n) is 1.23. The molecule has 0 bridgehead atoms. The number of urea groups is 1. The van der Waals surface area contributed by atoms with E-state index in [1.54, 1.807) is 31.0 Å². The highest BCUT2D eigenvalue weighted by molar-refractivity contribution is 7.99. The van der Waals surface area contributed by atoms with E-state index in [1.165, 1.54) is 0 Å². The Kier molecular flexibility index (Phi) is 6.32. The fourth-order valence-corrected chi connectivity index (χ4v) is 1.77. The van der Waals surface area contributed by atoms with Crippen molar-refractivity contribution in [3.8, 4) is 5.75 Å². The summed E-state index contributed by atoms with van der Waals surface area (Å²) in [6, 6.07) is 7.05. The minimum Gasteiger partial charge on any atom is -0.497 e. The van der Waals surface area contributed by atoms with Crippen LogP contribution in [0.5, 0.6) is 5.75 Å². The van der Waals surface area contributed by atoms with Gasteiger partial charge in [0.15, 0.2) is 0 Å². The van der Waals surface area contributed by atoms with Gasteiger partial charge in [0.05, 0.1) is 7.11 Å². The molecule has 0 fully saturated rings. The standard InChI is InChI=1S/C12H18N2O2S/c1-3-17-9-8-13-12(15)14-10-4-6-11(16-2)7-5-10/h4-7H,3,8-9H2,1-2H3,(H2,13,14,15). The van der Waals surface area contributed by atoms with Crippen LogP contribution < -0.4 is 15.4 Å². The van der Waals surface area contributed by atoms with E-state index in [4.69, 9.17) is 4.74 Å². The highest BCUT2D eigenvalue weighted by atomic mass is 32.2. The minimum absolute atomic E-state index is 0.174. The average molecular weight is 254 g/mol. The molecule has 1 rings (SSSR count). The lowest BCUT2D eigenvalue weighted by molar-refractivity contribution is 0.252. The summed E-state index contributed by atoms with van der Waals surface area (Å²) in [5.74, 6) is 2.78. The van der Waals surface area contributed by atoms with Gasteiger partial charge in [0.1, 0.15) is 5.75 Å². The number of ether oxygens (including phenoxy) is 1. The van der Waals surface area contributed by atoms with Crippen molar-refractivity contribution in [2.45, 2.75) is 6.92 Å². The summed E-state index contributed by atoms with van der Waals surface area (Å²) in [5, 5.41) is 5.55. The summed E-state index contributed by atoms with van der Waals surface area (Å²) in [5.41, 5.74) is 0.756. The van der Waals surface area contributed by atoms with Gasteiger partial charge in [-0.1, -0.05) is 6.92 Å². The van der Waals surface area contributed by atoms with Gasteiger partial charge in [-0.15, -0.1) is 0 Å². The van der Waals surface area contributed by atoms with E-state index in [0.717, 1.165) is 22.9 Å². The molecular formula is C12H18N2O2S. The van der Waals surface area contributed by atoms with Crippen LogP contribution in [0.25, 0.3) is 0 Å². The summed E-state index contributed by atoms with van der Waals surface area (Å²) in [6.07, 6.45) is 0. The van der Waals surface area contributed by atoms with Gasteiger partial charge in [-0.25, -0.2) is 4.79 Å². The molecule has 0 saturated heterocycles. The van der Waals surface area contributed by atoms with Crippen LogP contribution in [0.4, 0.5) is 10.5 Å². The zero-order chi connectivity index (χ0) is 12.5. The van der Waals surface area contributed by atoms with Crippen LogP contribution in [0, 0.1) is 0 Å². The van der Waals surface area contributed by atoms with Crippen molar-refractivity contribution in [2.24, 2.45) is 0 Å². The first-order valence-electron chi connectivity index (χ1n) is 5.53. The highest BCUT2D eigenvalue weighted by Crippen LogP contribution is 2.14. The molecule has 0 spiro atoms. The SMILES string of the molecule is CCSCCNC(=O)Nc1ccc(OC)cc1. The number of carbonyl (C=O) groups is 1. The van der Waals surface area contributed by atoms with Crippen LogP contribution in [0.2, 0.25) is 0 Å². The molecule has 2 amide bonds. The smallest absolute Gasteiger partial charge is 0.319 e. The fraction of sp³-hybridized carbons (Fsp3) is 0.417. The molecule has 94 valence electrons. The van der Waals surface area contributed by atoms with E-state index in [9.17, 15) is 4.79 Å². The summed E-state index contributed by atoms with van der Waals surface area (Å²) in [4.78, 5) is 11.5. The van der Waals surface area contributed by atoms with Gasteiger partial charge in [-0.2, -0.15) is 11.8 Å². The molecule has 0 aliphatic rings. The lowest BCUT2D eigenvalue weighted by atomic mass is 10.3. The molecule has 0 aromatic heterocycles. The largest absolute Gasteiger partial charge is 0.497 e. The Labute approximate surface area is 106 Å². The number of carbonyl (C=O) groups excluding carboxylic acids is 1. The van der Waals surface area contributed by atoms with Crippen molar-refractivity contribution in [1.29, 1.82) is 0 Å². The van der Waals surface area contributed by atoms with Crippen molar-refractivity contribution in [1.82, 2.24) is 5.32 Å². The summed E-state index contributed by atoms with van der Waals surface area (Å²) >= 11 is 1.80. The van der Waals surface area contributed by atoms with Crippen LogP contribution in [-0.2, 0) is 0 Å². The third-order valence-electron chi connectivity index (χ3n) is 2.08. The zero-order valence-electron chi connectivity index (χ0n) is 10.2. The van der Waals surface area contributed by atoms with Crippen molar-refractivity contribution in [3.05, 3.63) is 24.3 Å². The van der Waals surface area contributed by atoms with Crippen LogP contribution in [0.3, 0.4) is 0 Å². The summed E-state index contributed by atoms with van der Waals surface area (Å²) in [7, 11) is 1.61. The maximum atomic E-state index is 11.5. The first-order chi connectivity index (χ1) is 8.26. The van der Waals surface area contributed by atoms with Gasteiger partial charge in [0, 0.05) is 18.0 Å². The number of thioether (sulfide) groups is 1. The molecule has 1 aromatic rings. The van der Waals surface area contributed by atoms with E-state index in [0.29, 0.717) is 6.54 Å². The van der Waals surface area contributed by atoms with E-state index in [2.05, 4.69) is 17.6 Å². The van der Waals surface area contributed by atoms with Gasteiger partial charge >= 0.3 is 6.03 Å². The Balaban J connectivity index is 2.29. The number of anilines is 1. The van der Waals surface area contributed by atoms with Crippen LogP contribution in [-0.4, -0.2) is 31.2 Å². The number of hydrogen-bond donors (Lipinski definition) is 2. The van der Waals surface area contributed by atoms with Gasteiger partial charge in [0.2, 0.25) is 0 Å². The Bertz CT molecular complexity index is 341. The number of nitrogens with one attached hydrogen (secondary N) is 2. The second-order valence-electron chi connectivity index (χ2n) is 3.31. The number of benzene rings is 1. The Morgan fingerprint density at radius 3 is 2.65 bits per heavy atom. The predicted octanol–water partition coefficient (Wildman–Crippen LogP) is 2.57. The van der Waals surface area contributed by atoms with Gasteiger partial charge in [-0.3, -0.25) is 0 Å². The molecule has 17 heavy (non-hydrogen) atoms. The predicted molar refractivity (Wildman–Crippen MR) is 73.0 cm³/mol. The highest BCUT2D eigenvalue weighted by Gasteiger charge is 2.00. The molecule has 0 aliphatic heterocycles. The second-order valence-corrected chi connectivity index (χ2v) is 4.70. The van der Waals surface area contributed by atoms with Crippen molar-refractivity contribution < 1.29 is 9.53 Å². The Hall–Kier alpha value is -1.36. The number of rotatable bonds is 6. The van der Waals surface area contributed by atoms with Crippen LogP contribution in [0.15, 0.2) is 24.3 Å². The molecular weight excluding hydrogens is 236 g/mol. The van der Waals surface area contributed by atoms with Gasteiger partial charge in [0.25, 0.3) is 0 Å². The van der Waals surface area contributed by atoms with Crippen molar-refractivity contribution in [2.75, 3.05) is 30.5 Å². The average Bonchev–Trinajstić information content (AvgIpc) is 2.36. The van der Waals surface area contributed by atoms with E-state index in [-0.39, 0.29) is 6.03 Å². The third-order valence-corrected chi connectivity index (χ3v) is 2.99. The molecule has 2 N–H and O–H groups in total. The first-order valence-corrected chi connectivity index (χ1v) is 6.68. The molecule has 0 aliphatic carbocycles. The van der Waals surface area contributed by atoms with Gasteiger partial charge in [-0.05, 0) is 30.0 Å². The van der Waals surface area contributed by atoms with Crippen molar-refractivity contribution in [3.63, 3.8) is 0 Å². The summed E-state index contributed by atoms with van der Waals surface area (Å²) in [6.45, 7) is 2.78. The molecule has 0 saturated carbocycles. The maximum Gasteiger partial charge on any atom is 0.319 e.